The minimum Gasteiger partial charge on any atom is -0.427 e. The predicted octanol–water partition coefficient (Wildman–Crippen LogP) is 4.34. The Kier molecular flexibility index (Phi) is 6.37. The second kappa shape index (κ2) is 8.97. The van der Waals surface area contributed by atoms with Crippen LogP contribution in [0.15, 0.2) is 59.4 Å². The predicted molar refractivity (Wildman–Crippen MR) is 116 cm³/mol. The zero-order valence-corrected chi connectivity index (χ0v) is 17.6. The van der Waals surface area contributed by atoms with Crippen LogP contribution in [0.4, 0.5) is 5.69 Å². The highest BCUT2D eigenvalue weighted by Gasteiger charge is 2.17. The second-order valence-electron chi connectivity index (χ2n) is 6.92. The topological polar surface area (TPSA) is 77.4 Å². The molecule has 1 heterocycles. The Morgan fingerprint density at radius 2 is 1.77 bits per heavy atom. The molecule has 0 spiro atoms. The number of amides is 1. The molecule has 0 bridgehead atoms. The van der Waals surface area contributed by atoms with E-state index in [9.17, 15) is 14.4 Å². The molecule has 0 atom stereocenters. The van der Waals surface area contributed by atoms with Crippen LogP contribution in [0, 0.1) is 13.8 Å². The van der Waals surface area contributed by atoms with Gasteiger partial charge in [-0.25, -0.2) is 0 Å². The van der Waals surface area contributed by atoms with Crippen LogP contribution in [0.5, 0.6) is 5.75 Å². The molecular weight excluding hydrogens is 404 g/mol. The Hall–Kier alpha value is -3.38. The van der Waals surface area contributed by atoms with Gasteiger partial charge in [0.1, 0.15) is 11.3 Å². The van der Waals surface area contributed by atoms with Crippen LogP contribution >= 0.6 is 11.6 Å². The van der Waals surface area contributed by atoms with Gasteiger partial charge in [-0.2, -0.15) is 0 Å². The molecule has 0 aliphatic rings. The molecule has 1 amide bonds. The van der Waals surface area contributed by atoms with Gasteiger partial charge >= 0.3 is 5.97 Å². The number of hydrogen-bond acceptors (Lipinski definition) is 4. The number of carbonyl (C=O) groups excluding carboxylic acids is 2. The molecule has 7 heteroatoms. The number of hydrogen-bond donors (Lipinski definition) is 1. The number of carbonyl (C=O) groups is 2. The summed E-state index contributed by atoms with van der Waals surface area (Å²) in [5.41, 5.74) is 2.62. The number of nitrogens with one attached hydrogen (secondary N) is 1. The summed E-state index contributed by atoms with van der Waals surface area (Å²) in [6, 6.07) is 15.2. The average molecular weight is 425 g/mol. The van der Waals surface area contributed by atoms with Gasteiger partial charge in [0, 0.05) is 23.3 Å². The fourth-order valence-electron chi connectivity index (χ4n) is 3.03. The van der Waals surface area contributed by atoms with Crippen molar-refractivity contribution in [3.63, 3.8) is 0 Å². The second-order valence-corrected chi connectivity index (χ2v) is 7.36. The molecule has 2 aromatic carbocycles. The van der Waals surface area contributed by atoms with Crippen molar-refractivity contribution in [2.24, 2.45) is 0 Å². The van der Waals surface area contributed by atoms with E-state index in [1.54, 1.807) is 47.0 Å². The first-order valence-corrected chi connectivity index (χ1v) is 9.67. The van der Waals surface area contributed by atoms with Crippen molar-refractivity contribution in [3.8, 4) is 5.75 Å². The summed E-state index contributed by atoms with van der Waals surface area (Å²) in [5, 5.41) is 3.30. The van der Waals surface area contributed by atoms with E-state index < -0.39 is 11.9 Å². The van der Waals surface area contributed by atoms with Gasteiger partial charge in [-0.3, -0.25) is 14.4 Å². The first-order chi connectivity index (χ1) is 14.2. The van der Waals surface area contributed by atoms with Crippen molar-refractivity contribution in [2.45, 2.75) is 27.3 Å². The minimum atomic E-state index is -0.511. The van der Waals surface area contributed by atoms with Gasteiger partial charge < -0.3 is 14.6 Å². The summed E-state index contributed by atoms with van der Waals surface area (Å²) in [7, 11) is 0. The Bertz CT molecular complexity index is 1170. The summed E-state index contributed by atoms with van der Waals surface area (Å²) >= 11 is 6.05. The normalized spacial score (nSPS) is 10.5. The lowest BCUT2D eigenvalue weighted by Crippen LogP contribution is -2.31. The van der Waals surface area contributed by atoms with Crippen LogP contribution in [0.3, 0.4) is 0 Å². The highest BCUT2D eigenvalue weighted by atomic mass is 35.5. The number of pyridine rings is 1. The molecule has 6 nitrogen and oxygen atoms in total. The molecule has 0 unspecified atom stereocenters. The van der Waals surface area contributed by atoms with Crippen molar-refractivity contribution in [2.75, 3.05) is 5.32 Å². The molecule has 0 saturated heterocycles. The van der Waals surface area contributed by atoms with E-state index in [1.165, 1.54) is 6.92 Å². The van der Waals surface area contributed by atoms with Gasteiger partial charge in [-0.15, -0.1) is 0 Å². The monoisotopic (exact) mass is 424 g/mol. The molecule has 3 rings (SSSR count). The number of nitrogens with zero attached hydrogens (tertiary/aromatic N) is 1. The van der Waals surface area contributed by atoms with Crippen LogP contribution in [0.1, 0.15) is 34.1 Å². The minimum absolute atomic E-state index is 0.0455. The van der Waals surface area contributed by atoms with Gasteiger partial charge in [0.2, 0.25) is 0 Å². The molecule has 1 N–H and O–H groups in total. The third-order valence-electron chi connectivity index (χ3n) is 4.66. The first-order valence-electron chi connectivity index (χ1n) is 9.30. The average Bonchev–Trinajstić information content (AvgIpc) is 2.69. The van der Waals surface area contributed by atoms with E-state index in [1.807, 2.05) is 26.0 Å². The van der Waals surface area contributed by atoms with Crippen molar-refractivity contribution in [1.82, 2.24) is 4.57 Å². The molecule has 0 aliphatic carbocycles. The largest absolute Gasteiger partial charge is 0.427 e. The molecule has 0 aliphatic heterocycles. The quantitative estimate of drug-likeness (QED) is 0.488. The van der Waals surface area contributed by atoms with Gasteiger partial charge in [-0.1, -0.05) is 23.7 Å². The standard InChI is InChI=1S/C23H21ClN2O4/c1-14-11-21(22(28)25-19-7-9-20(10-8-19)30-16(3)27)23(29)26(15(14)2)13-17-5-4-6-18(24)12-17/h4-12H,13H2,1-3H3,(H,25,28). The number of rotatable bonds is 5. The maximum absolute atomic E-state index is 13.1. The highest BCUT2D eigenvalue weighted by Crippen LogP contribution is 2.17. The molecule has 154 valence electrons. The summed E-state index contributed by atoms with van der Waals surface area (Å²) in [4.78, 5) is 36.8. The van der Waals surface area contributed by atoms with E-state index >= 15 is 0 Å². The first kappa shape index (κ1) is 21.3. The Morgan fingerprint density at radius 1 is 1.07 bits per heavy atom. The molecule has 0 saturated carbocycles. The maximum Gasteiger partial charge on any atom is 0.308 e. The van der Waals surface area contributed by atoms with Crippen LogP contribution in [-0.4, -0.2) is 16.4 Å². The smallest absolute Gasteiger partial charge is 0.308 e. The Labute approximate surface area is 179 Å². The fourth-order valence-corrected chi connectivity index (χ4v) is 3.25. The lowest BCUT2D eigenvalue weighted by Gasteiger charge is -2.15. The van der Waals surface area contributed by atoms with Crippen LogP contribution in [0.2, 0.25) is 5.02 Å². The number of aryl methyl sites for hydroxylation is 1. The fraction of sp³-hybridized carbons (Fsp3) is 0.174. The molecular formula is C23H21ClN2O4. The molecule has 1 aromatic heterocycles. The van der Waals surface area contributed by atoms with Crippen molar-refractivity contribution in [3.05, 3.63) is 92.4 Å². The SMILES string of the molecule is CC(=O)Oc1ccc(NC(=O)c2cc(C)c(C)n(Cc3cccc(Cl)c3)c2=O)cc1. The number of ether oxygens (including phenoxy) is 1. The summed E-state index contributed by atoms with van der Waals surface area (Å²) in [6.45, 7) is 5.32. The number of aromatic nitrogens is 1. The summed E-state index contributed by atoms with van der Waals surface area (Å²) in [6.07, 6.45) is 0. The Balaban J connectivity index is 1.88. The van der Waals surface area contributed by atoms with E-state index in [4.69, 9.17) is 16.3 Å². The third kappa shape index (κ3) is 4.96. The summed E-state index contributed by atoms with van der Waals surface area (Å²) in [5.74, 6) is -0.569. The zero-order valence-electron chi connectivity index (χ0n) is 16.9. The van der Waals surface area contributed by atoms with Crippen LogP contribution in [0.25, 0.3) is 0 Å². The third-order valence-corrected chi connectivity index (χ3v) is 4.90. The van der Waals surface area contributed by atoms with E-state index in [0.717, 1.165) is 16.8 Å². The lowest BCUT2D eigenvalue weighted by atomic mass is 10.1. The molecule has 30 heavy (non-hydrogen) atoms. The molecule has 3 aromatic rings. The highest BCUT2D eigenvalue weighted by molar-refractivity contribution is 6.30. The van der Waals surface area contributed by atoms with E-state index in [0.29, 0.717) is 23.0 Å². The summed E-state index contributed by atoms with van der Waals surface area (Å²) < 4.78 is 6.54. The number of esters is 1. The molecule has 0 radical (unpaired) electrons. The van der Waals surface area contributed by atoms with Gasteiger partial charge in [-0.05, 0) is 67.4 Å². The van der Waals surface area contributed by atoms with Crippen molar-refractivity contribution in [1.29, 1.82) is 0 Å². The van der Waals surface area contributed by atoms with Crippen molar-refractivity contribution >= 4 is 29.2 Å². The van der Waals surface area contributed by atoms with E-state index in [-0.39, 0.29) is 11.1 Å². The van der Waals surface area contributed by atoms with Crippen molar-refractivity contribution < 1.29 is 14.3 Å². The van der Waals surface area contributed by atoms with Crippen LogP contribution < -0.4 is 15.6 Å². The van der Waals surface area contributed by atoms with Gasteiger partial charge in [0.05, 0.1) is 6.54 Å². The number of halogens is 1. The molecule has 0 fully saturated rings. The van der Waals surface area contributed by atoms with Gasteiger partial charge in [0.15, 0.2) is 0 Å². The maximum atomic E-state index is 13.1. The van der Waals surface area contributed by atoms with E-state index in [2.05, 4.69) is 5.32 Å². The number of benzene rings is 2. The van der Waals surface area contributed by atoms with Crippen LogP contribution in [-0.2, 0) is 11.3 Å². The van der Waals surface area contributed by atoms with Gasteiger partial charge in [0.25, 0.3) is 11.5 Å². The number of anilines is 1. The zero-order chi connectivity index (χ0) is 21.8. The lowest BCUT2D eigenvalue weighted by molar-refractivity contribution is -0.131. The Morgan fingerprint density at radius 3 is 2.40 bits per heavy atom.